The number of hydrogen-bond donors (Lipinski definition) is 1. The van der Waals surface area contributed by atoms with Crippen LogP contribution in [0.15, 0.2) is 66.7 Å². The molecule has 7 rings (SSSR count). The average Bonchev–Trinajstić information content (AvgIpc) is 3.53. The highest BCUT2D eigenvalue weighted by atomic mass is 28.4. The Kier molecular flexibility index (Phi) is 9.11. The second-order valence-corrected chi connectivity index (χ2v) is 18.5. The zero-order valence-corrected chi connectivity index (χ0v) is 30.2. The smallest absolute Gasteiger partial charge is 0.264 e. The number of nitrogens with zero attached hydrogens (tertiary/aromatic N) is 3. The van der Waals surface area contributed by atoms with Crippen LogP contribution in [-0.4, -0.2) is 68.5 Å². The molecule has 9 nitrogen and oxygen atoms in total. The molecule has 3 aromatic rings. The Balaban J connectivity index is 1.22. The number of rotatable bonds is 8. The van der Waals surface area contributed by atoms with E-state index in [4.69, 9.17) is 9.47 Å². The molecule has 1 spiro atoms. The van der Waals surface area contributed by atoms with Gasteiger partial charge in [-0.05, 0) is 79.4 Å². The van der Waals surface area contributed by atoms with Crippen molar-refractivity contribution in [3.8, 4) is 5.75 Å². The average molecular weight is 700 g/mol. The van der Waals surface area contributed by atoms with E-state index in [9.17, 15) is 19.5 Å². The third-order valence-corrected chi connectivity index (χ3v) is 13.8. The van der Waals surface area contributed by atoms with Crippen molar-refractivity contribution in [3.05, 3.63) is 89.0 Å². The van der Waals surface area contributed by atoms with Gasteiger partial charge in [0.2, 0.25) is 20.2 Å². The highest BCUT2D eigenvalue weighted by molar-refractivity contribution is 6.72. The molecule has 5 atom stereocenters. The topological polar surface area (TPSA) is 99.6 Å². The predicted octanol–water partition coefficient (Wildman–Crippen LogP) is 5.87. The summed E-state index contributed by atoms with van der Waals surface area (Å²) in [5.41, 5.74) is 2.85. The summed E-state index contributed by atoms with van der Waals surface area (Å²) >= 11 is 0. The van der Waals surface area contributed by atoms with Crippen LogP contribution in [0.5, 0.6) is 5.75 Å². The lowest BCUT2D eigenvalue weighted by Gasteiger charge is -2.37. The summed E-state index contributed by atoms with van der Waals surface area (Å²) in [6.07, 6.45) is 1.93. The van der Waals surface area contributed by atoms with E-state index in [0.29, 0.717) is 42.9 Å². The van der Waals surface area contributed by atoms with Crippen LogP contribution in [0.1, 0.15) is 54.9 Å². The number of amides is 3. The van der Waals surface area contributed by atoms with Crippen molar-refractivity contribution in [1.82, 2.24) is 4.90 Å². The number of aliphatic hydroxyl groups excluding tert-OH is 1. The first-order chi connectivity index (χ1) is 24.0. The molecule has 4 aliphatic heterocycles. The molecular weight excluding hydrogens is 654 g/mol. The highest BCUT2D eigenvalue weighted by Crippen LogP contribution is 2.61. The van der Waals surface area contributed by atoms with E-state index in [0.717, 1.165) is 35.2 Å². The Hall–Kier alpha value is -4.06. The zero-order chi connectivity index (χ0) is 35.4. The van der Waals surface area contributed by atoms with Gasteiger partial charge in [-0.3, -0.25) is 14.4 Å². The van der Waals surface area contributed by atoms with Crippen molar-refractivity contribution in [2.45, 2.75) is 88.5 Å². The highest BCUT2D eigenvalue weighted by Gasteiger charge is 2.67. The molecule has 11 heteroatoms. The van der Waals surface area contributed by atoms with Crippen LogP contribution in [0.4, 0.5) is 15.5 Å². The number of carbonyl (C=O) groups excluding carboxylic acids is 3. The monoisotopic (exact) mass is 699 g/mol. The largest absolute Gasteiger partial charge is 0.497 e. The number of carbonyl (C=O) groups is 3. The normalized spacial score (nSPS) is 26.4. The van der Waals surface area contributed by atoms with E-state index in [1.54, 1.807) is 36.1 Å². The maximum atomic E-state index is 16.5. The molecule has 4 heterocycles. The molecule has 0 bridgehead atoms. The van der Waals surface area contributed by atoms with E-state index in [1.165, 1.54) is 0 Å². The van der Waals surface area contributed by atoms with Crippen LogP contribution < -0.4 is 14.5 Å². The first kappa shape index (κ1) is 34.4. The lowest BCUT2D eigenvalue weighted by molar-refractivity contribution is -0.151. The van der Waals surface area contributed by atoms with Gasteiger partial charge in [0.25, 0.3) is 5.91 Å². The maximum Gasteiger partial charge on any atom is 0.264 e. The number of methoxy groups -OCH3 is 1. The first-order valence-electron chi connectivity index (χ1n) is 17.7. The molecule has 3 aromatic carbocycles. The number of halogens is 1. The van der Waals surface area contributed by atoms with Crippen LogP contribution in [0.3, 0.4) is 0 Å². The number of benzene rings is 3. The fourth-order valence-electron chi connectivity index (χ4n) is 8.93. The van der Waals surface area contributed by atoms with E-state index >= 15 is 4.11 Å². The van der Waals surface area contributed by atoms with Crippen LogP contribution in [0.2, 0.25) is 18.6 Å². The summed E-state index contributed by atoms with van der Waals surface area (Å²) in [6.45, 7) is 6.18. The second kappa shape index (κ2) is 13.2. The molecule has 4 aliphatic rings. The van der Waals surface area contributed by atoms with E-state index in [-0.39, 0.29) is 37.3 Å². The third kappa shape index (κ3) is 5.82. The Morgan fingerprint density at radius 3 is 2.56 bits per heavy atom. The molecule has 2 fully saturated rings. The molecule has 50 heavy (non-hydrogen) atoms. The number of piperidine rings is 1. The van der Waals surface area contributed by atoms with Gasteiger partial charge in [-0.1, -0.05) is 43.3 Å². The molecule has 0 unspecified atom stereocenters. The Labute approximate surface area is 294 Å². The number of fused-ring (bicyclic) bond motifs is 3. The van der Waals surface area contributed by atoms with E-state index in [1.807, 2.05) is 72.5 Å². The number of aliphatic hydroxyl groups is 1. The summed E-state index contributed by atoms with van der Waals surface area (Å²) in [6, 6.07) is 20.7. The predicted molar refractivity (Wildman–Crippen MR) is 191 cm³/mol. The van der Waals surface area contributed by atoms with Gasteiger partial charge in [0.15, 0.2) is 5.60 Å². The maximum absolute atomic E-state index is 16.5. The fraction of sp³-hybridized carbons (Fsp3) is 0.462. The zero-order valence-electron chi connectivity index (χ0n) is 29.2. The SMILES string of the molecule is COc1ccc2c(c1)[C@]1(O[C@@H](CC(=O)N3Cc4ccccc4C[C@H]3CO)[C@H]([Si](C)(C)F)[C@H]1C)C(=O)N2Cc1cccc(N2CCCCC2=O)c1. The molecule has 2 saturated heterocycles. The minimum atomic E-state index is -3.53. The van der Waals surface area contributed by atoms with Gasteiger partial charge in [-0.15, -0.1) is 0 Å². The van der Waals surface area contributed by atoms with Crippen molar-refractivity contribution >= 4 is 37.5 Å². The van der Waals surface area contributed by atoms with Crippen LogP contribution in [0, 0.1) is 5.92 Å². The summed E-state index contributed by atoms with van der Waals surface area (Å²) in [7, 11) is -1.97. The minimum absolute atomic E-state index is 0.0962. The standard InChI is InChI=1S/C39H46FN3O6Si/c1-25-37(50(3,4)40)34(21-36(46)42-23-28-12-6-5-11-27(28)19-30(42)24-44)49-39(25)32-20-31(48-2)15-16-33(32)43(38(39)47)22-26-10-9-13-29(18-26)41-17-8-7-14-35(41)45/h5-6,9-13,15-16,18,20,25,30,34,37,44H,7-8,14,17,19,21-24H2,1-4H3/t25-,30+,34+,37-,39+/m1/s1. The summed E-state index contributed by atoms with van der Waals surface area (Å²) < 4.78 is 29.0. The van der Waals surface area contributed by atoms with Gasteiger partial charge in [0.1, 0.15) is 5.75 Å². The number of anilines is 2. The van der Waals surface area contributed by atoms with E-state index < -0.39 is 37.6 Å². The molecule has 0 saturated carbocycles. The van der Waals surface area contributed by atoms with Gasteiger partial charge >= 0.3 is 0 Å². The van der Waals surface area contributed by atoms with Gasteiger partial charge in [0.05, 0.1) is 44.5 Å². The fourth-order valence-corrected chi connectivity index (χ4v) is 11.4. The molecule has 0 aromatic heterocycles. The van der Waals surface area contributed by atoms with Crippen molar-refractivity contribution < 1.29 is 33.1 Å². The first-order valence-corrected chi connectivity index (χ1v) is 20.7. The van der Waals surface area contributed by atoms with Gasteiger partial charge in [-0.25, -0.2) is 0 Å². The molecule has 264 valence electrons. The Morgan fingerprint density at radius 1 is 1.06 bits per heavy atom. The Morgan fingerprint density at radius 2 is 1.84 bits per heavy atom. The number of hydrogen-bond acceptors (Lipinski definition) is 6. The van der Waals surface area contributed by atoms with E-state index in [2.05, 4.69) is 0 Å². The summed E-state index contributed by atoms with van der Waals surface area (Å²) in [4.78, 5) is 47.0. The molecule has 0 aliphatic carbocycles. The minimum Gasteiger partial charge on any atom is -0.497 e. The quantitative estimate of drug-likeness (QED) is 0.233. The van der Waals surface area contributed by atoms with Gasteiger partial charge in [0, 0.05) is 42.2 Å². The molecule has 0 radical (unpaired) electrons. The lowest BCUT2D eigenvalue weighted by atomic mass is 9.82. The molecule has 1 N–H and O–H groups in total. The van der Waals surface area contributed by atoms with Crippen LogP contribution >= 0.6 is 0 Å². The lowest BCUT2D eigenvalue weighted by Crippen LogP contribution is -2.48. The van der Waals surface area contributed by atoms with Crippen molar-refractivity contribution in [2.24, 2.45) is 5.92 Å². The van der Waals surface area contributed by atoms with Crippen molar-refractivity contribution in [1.29, 1.82) is 0 Å². The van der Waals surface area contributed by atoms with Gasteiger partial charge in [-0.2, -0.15) is 0 Å². The van der Waals surface area contributed by atoms with Crippen molar-refractivity contribution in [3.63, 3.8) is 0 Å². The van der Waals surface area contributed by atoms with Crippen LogP contribution in [0.25, 0.3) is 0 Å². The second-order valence-electron chi connectivity index (χ2n) is 14.8. The van der Waals surface area contributed by atoms with Gasteiger partial charge < -0.3 is 33.4 Å². The summed E-state index contributed by atoms with van der Waals surface area (Å²) in [5.74, 6) is -0.466. The van der Waals surface area contributed by atoms with Crippen LogP contribution in [-0.2, 0) is 44.2 Å². The number of ether oxygens (including phenoxy) is 2. The molecule has 3 amide bonds. The summed E-state index contributed by atoms with van der Waals surface area (Å²) in [5, 5.41) is 10.3. The molecular formula is C39H46FN3O6Si. The third-order valence-electron chi connectivity index (χ3n) is 11.3. The Bertz CT molecular complexity index is 1810. The van der Waals surface area contributed by atoms with Crippen molar-refractivity contribution in [2.75, 3.05) is 30.1 Å².